The molecule has 1 atom stereocenters. The van der Waals surface area contributed by atoms with E-state index in [1.165, 1.54) is 24.7 Å². The maximum Gasteiger partial charge on any atom is 0.419 e. The number of ether oxygens (including phenoxy) is 1. The number of benzene rings is 2. The second-order valence-corrected chi connectivity index (χ2v) is 19.7. The minimum absolute atomic E-state index is 0.00476. The molecule has 0 spiro atoms. The number of hydrogen-bond donors (Lipinski definition) is 4. The number of halogens is 4. The Kier molecular flexibility index (Phi) is 14.2. The molecule has 0 bridgehead atoms. The van der Waals surface area contributed by atoms with E-state index in [1.54, 1.807) is 18.2 Å². The highest BCUT2D eigenvalue weighted by Gasteiger charge is 2.45. The first-order chi connectivity index (χ1) is 32.7. The molecule has 0 radical (unpaired) electrons. The van der Waals surface area contributed by atoms with E-state index in [4.69, 9.17) is 4.74 Å². The molecule has 4 N–H and O–H groups in total. The van der Waals surface area contributed by atoms with Gasteiger partial charge in [-0.1, -0.05) is 0 Å². The molecule has 4 aliphatic heterocycles. The number of fused-ring (bicyclic) bond motifs is 1. The highest BCUT2D eigenvalue weighted by atomic mass is 32.2. The minimum Gasteiger partial charge on any atom is -0.389 e. The Morgan fingerprint density at radius 1 is 0.928 bits per heavy atom. The van der Waals surface area contributed by atoms with E-state index in [-0.39, 0.29) is 65.8 Å². The number of amides is 4. The lowest BCUT2D eigenvalue weighted by Gasteiger charge is -2.37. The van der Waals surface area contributed by atoms with Crippen LogP contribution in [0.5, 0.6) is 0 Å². The number of anilines is 3. The van der Waals surface area contributed by atoms with Crippen molar-refractivity contribution < 1.29 is 55.0 Å². The Labute approximate surface area is 394 Å². The number of aromatic nitrogens is 4. The lowest BCUT2D eigenvalue weighted by molar-refractivity contribution is -0.138. The zero-order valence-corrected chi connectivity index (χ0v) is 38.5. The average Bonchev–Trinajstić information content (AvgIpc) is 3.85. The van der Waals surface area contributed by atoms with Crippen LogP contribution in [0.1, 0.15) is 65.8 Å². The van der Waals surface area contributed by atoms with Crippen LogP contribution in [0.2, 0.25) is 0 Å². The summed E-state index contributed by atoms with van der Waals surface area (Å²) in [6.45, 7) is 8.10. The summed E-state index contributed by atoms with van der Waals surface area (Å²) >= 11 is 0. The van der Waals surface area contributed by atoms with Gasteiger partial charge in [0, 0.05) is 75.2 Å². The Morgan fingerprint density at radius 2 is 1.70 bits per heavy atom. The van der Waals surface area contributed by atoms with Crippen LogP contribution in [0.3, 0.4) is 0 Å². The minimum atomic E-state index is -4.83. The van der Waals surface area contributed by atoms with Gasteiger partial charge in [-0.3, -0.25) is 34.1 Å². The summed E-state index contributed by atoms with van der Waals surface area (Å²) in [5.41, 5.74) is -1.97. The molecule has 4 amide bonds. The summed E-state index contributed by atoms with van der Waals surface area (Å²) in [5, 5.41) is 18.8. The van der Waals surface area contributed by atoms with E-state index >= 15 is 4.39 Å². The molecule has 2 fully saturated rings. The largest absolute Gasteiger partial charge is 0.419 e. The van der Waals surface area contributed by atoms with Gasteiger partial charge in [0.1, 0.15) is 17.4 Å². The molecule has 4 aliphatic rings. The molecule has 4 aromatic rings. The number of carbonyl (C=O) groups excluding carboxylic acids is 4. The zero-order valence-electron chi connectivity index (χ0n) is 37.7. The lowest BCUT2D eigenvalue weighted by Crippen LogP contribution is -2.54. The number of sulfonamides is 1. The van der Waals surface area contributed by atoms with Gasteiger partial charge in [-0.25, -0.2) is 27.5 Å². The van der Waals surface area contributed by atoms with Crippen LogP contribution in [-0.2, 0) is 37.1 Å². The quantitative estimate of drug-likeness (QED) is 0.0673. The van der Waals surface area contributed by atoms with Crippen LogP contribution >= 0.6 is 0 Å². The Morgan fingerprint density at radius 3 is 2.39 bits per heavy atom. The first kappa shape index (κ1) is 49.1. The van der Waals surface area contributed by atoms with Crippen molar-refractivity contribution in [3.8, 4) is 11.3 Å². The molecule has 0 aliphatic carbocycles. The number of nitrogens with zero attached hydrogens (tertiary/aromatic N) is 8. The van der Waals surface area contributed by atoms with Gasteiger partial charge in [0.05, 0.1) is 59.0 Å². The third kappa shape index (κ3) is 11.6. The molecule has 8 rings (SSSR count). The molecule has 69 heavy (non-hydrogen) atoms. The van der Waals surface area contributed by atoms with E-state index in [0.29, 0.717) is 31.8 Å². The highest BCUT2D eigenvalue weighted by Crippen LogP contribution is 2.37. The van der Waals surface area contributed by atoms with E-state index in [1.807, 2.05) is 17.3 Å². The van der Waals surface area contributed by atoms with Crippen molar-refractivity contribution in [2.75, 3.05) is 69.2 Å². The SMILES string of the molecule is CC(C)(O)Cn1cc(-c2nc(Nc3ccc(S(=O)(=O)NCCOCCN4CCC(CN5C=CN(c6ccc7c(c6)C(=O)N(C6CCC(=O)NC6=O)C7=O)CC5)CC4)cc3F)ncc2C(F)(F)F)cn1. The smallest absolute Gasteiger partial charge is 0.389 e. The van der Waals surface area contributed by atoms with Crippen LogP contribution in [0.4, 0.5) is 34.9 Å². The Balaban J connectivity index is 0.741. The topological polar surface area (TPSA) is 225 Å². The monoisotopic (exact) mass is 981 g/mol. The van der Waals surface area contributed by atoms with E-state index in [0.717, 1.165) is 74.0 Å². The van der Waals surface area contributed by atoms with Crippen molar-refractivity contribution in [1.82, 2.24) is 44.5 Å². The van der Waals surface area contributed by atoms with Crippen molar-refractivity contribution in [3.63, 3.8) is 0 Å². The standard InChI is InChI=1S/C45H51F4N11O8S/c1-44(2,65)27-59-26-29(23-51-59)39-34(45(47,48)49)24-50-43(55-39)53-36-6-4-31(22-35(36)46)69(66,67)52-11-19-68-20-18-56-12-9-28(10-13-56)25-57-14-16-58(17-15-57)30-3-5-32-33(21-30)42(64)60(41(32)63)37-7-8-38(61)54-40(37)62/h3-6,14,16,21-24,26,28,37,52,65H,7-13,15,17-20,25,27H2,1-2H3,(H,50,53,55)(H,54,61,62). The first-order valence-corrected chi connectivity index (χ1v) is 23.8. The van der Waals surface area contributed by atoms with Gasteiger partial charge in [0.15, 0.2) is 0 Å². The van der Waals surface area contributed by atoms with Crippen LogP contribution in [0.15, 0.2) is 72.3 Å². The zero-order chi connectivity index (χ0) is 49.3. The van der Waals surface area contributed by atoms with Crippen LogP contribution < -0.4 is 20.3 Å². The molecule has 1 unspecified atom stereocenters. The summed E-state index contributed by atoms with van der Waals surface area (Å²) in [6, 6.07) is 7.05. The van der Waals surface area contributed by atoms with Gasteiger partial charge in [-0.15, -0.1) is 0 Å². The number of alkyl halides is 3. The van der Waals surface area contributed by atoms with E-state index in [2.05, 4.69) is 40.2 Å². The summed E-state index contributed by atoms with van der Waals surface area (Å²) in [7, 11) is -4.15. The number of carbonyl (C=O) groups is 4. The van der Waals surface area contributed by atoms with Gasteiger partial charge in [-0.2, -0.15) is 18.3 Å². The molecule has 6 heterocycles. The number of piperidine rings is 2. The molecule has 368 valence electrons. The summed E-state index contributed by atoms with van der Waals surface area (Å²) in [4.78, 5) is 65.2. The average molecular weight is 982 g/mol. The Bertz CT molecular complexity index is 2760. The number of likely N-dealkylation sites (tertiary alicyclic amines) is 1. The molecular formula is C45H51F4N11O8S. The van der Waals surface area contributed by atoms with Crippen molar-refractivity contribution in [3.05, 3.63) is 89.9 Å². The normalized spacial score (nSPS) is 18.6. The van der Waals surface area contributed by atoms with Gasteiger partial charge < -0.3 is 29.9 Å². The van der Waals surface area contributed by atoms with Crippen molar-refractivity contribution in [2.24, 2.45) is 5.92 Å². The van der Waals surface area contributed by atoms with Crippen LogP contribution in [-0.4, -0.2) is 142 Å². The third-order valence-corrected chi connectivity index (χ3v) is 13.6. The first-order valence-electron chi connectivity index (χ1n) is 22.3. The van der Waals surface area contributed by atoms with Gasteiger partial charge >= 0.3 is 6.18 Å². The number of imide groups is 2. The van der Waals surface area contributed by atoms with Crippen LogP contribution in [0.25, 0.3) is 11.3 Å². The Hall–Kier alpha value is -6.34. The number of nitrogens with one attached hydrogen (secondary N) is 3. The molecule has 2 saturated heterocycles. The molecule has 2 aromatic heterocycles. The number of hydrogen-bond acceptors (Lipinski definition) is 15. The summed E-state index contributed by atoms with van der Waals surface area (Å²) < 4.78 is 92.2. The van der Waals surface area contributed by atoms with Gasteiger partial charge in [0.25, 0.3) is 11.8 Å². The maximum absolute atomic E-state index is 15.2. The highest BCUT2D eigenvalue weighted by molar-refractivity contribution is 7.89. The molecule has 2 aromatic carbocycles. The second-order valence-electron chi connectivity index (χ2n) is 17.9. The van der Waals surface area contributed by atoms with Crippen molar-refractivity contribution >= 4 is 51.0 Å². The maximum atomic E-state index is 15.2. The van der Waals surface area contributed by atoms with E-state index < -0.39 is 68.5 Å². The fraction of sp³-hybridized carbons (Fsp3) is 0.444. The van der Waals surface area contributed by atoms with E-state index in [9.17, 15) is 45.9 Å². The van der Waals surface area contributed by atoms with Crippen LogP contribution in [0, 0.1) is 11.7 Å². The number of rotatable bonds is 17. The van der Waals surface area contributed by atoms with Gasteiger partial charge in [0.2, 0.25) is 27.8 Å². The molecule has 0 saturated carbocycles. The second kappa shape index (κ2) is 19.9. The summed E-state index contributed by atoms with van der Waals surface area (Å²) in [5.74, 6) is -3.09. The van der Waals surface area contributed by atoms with Crippen molar-refractivity contribution in [1.29, 1.82) is 0 Å². The third-order valence-electron chi connectivity index (χ3n) is 12.2. The molecular weight excluding hydrogens is 931 g/mol. The fourth-order valence-electron chi connectivity index (χ4n) is 8.64. The predicted octanol–water partition coefficient (Wildman–Crippen LogP) is 3.71. The number of aliphatic hydroxyl groups is 1. The summed E-state index contributed by atoms with van der Waals surface area (Å²) in [6.07, 6.45) is 4.25. The lowest BCUT2D eigenvalue weighted by atomic mass is 9.96. The molecule has 19 nitrogen and oxygen atoms in total. The van der Waals surface area contributed by atoms with Crippen molar-refractivity contribution in [2.45, 2.75) is 68.8 Å². The van der Waals surface area contributed by atoms with Gasteiger partial charge in [-0.05, 0) is 88.5 Å². The fourth-order valence-corrected chi connectivity index (χ4v) is 9.66. The predicted molar refractivity (Wildman–Crippen MR) is 241 cm³/mol. The molecule has 24 heteroatoms.